The second-order valence-electron chi connectivity index (χ2n) is 3.82. The van der Waals surface area contributed by atoms with Crippen molar-refractivity contribution in [3.63, 3.8) is 0 Å². The maximum Gasteiger partial charge on any atom is 0.229 e. The van der Waals surface area contributed by atoms with E-state index in [1.54, 1.807) is 0 Å². The molecule has 3 nitrogen and oxygen atoms in total. The zero-order valence-corrected chi connectivity index (χ0v) is 10.9. The first-order valence-electron chi connectivity index (χ1n) is 5.25. The van der Waals surface area contributed by atoms with Crippen molar-refractivity contribution >= 4 is 34.4 Å². The first kappa shape index (κ1) is 11.6. The summed E-state index contributed by atoms with van der Waals surface area (Å²) in [5.74, 6) is -0.0909. The molecule has 4 heteroatoms. The molecule has 1 saturated heterocycles. The van der Waals surface area contributed by atoms with Gasteiger partial charge in [-0.1, -0.05) is 18.2 Å². The quantitative estimate of drug-likeness (QED) is 0.617. The van der Waals surface area contributed by atoms with E-state index in [1.807, 2.05) is 24.3 Å². The van der Waals surface area contributed by atoms with Crippen molar-refractivity contribution in [1.82, 2.24) is 4.90 Å². The van der Waals surface area contributed by atoms with Gasteiger partial charge < -0.3 is 0 Å². The number of amides is 2. The first-order chi connectivity index (χ1) is 7.68. The minimum absolute atomic E-state index is 0.0455. The van der Waals surface area contributed by atoms with Gasteiger partial charge >= 0.3 is 0 Å². The molecule has 1 aromatic rings. The fourth-order valence-corrected chi connectivity index (χ4v) is 2.33. The van der Waals surface area contributed by atoms with E-state index in [4.69, 9.17) is 0 Å². The summed E-state index contributed by atoms with van der Waals surface area (Å²) in [7, 11) is 0. The summed E-state index contributed by atoms with van der Waals surface area (Å²) in [4.78, 5) is 24.6. The zero-order chi connectivity index (χ0) is 11.5. The Labute approximate surface area is 108 Å². The minimum atomic E-state index is -0.0455. The number of hydrogen-bond donors (Lipinski definition) is 0. The molecule has 0 saturated carbocycles. The third-order valence-electron chi connectivity index (χ3n) is 2.67. The fraction of sp³-hybridized carbons (Fsp3) is 0.333. The lowest BCUT2D eigenvalue weighted by molar-refractivity contribution is -0.148. The van der Waals surface area contributed by atoms with E-state index in [2.05, 4.69) is 22.6 Å². The number of piperidine rings is 1. The van der Waals surface area contributed by atoms with Gasteiger partial charge in [-0.15, -0.1) is 0 Å². The van der Waals surface area contributed by atoms with E-state index in [1.165, 1.54) is 4.90 Å². The van der Waals surface area contributed by atoms with Crippen molar-refractivity contribution in [2.24, 2.45) is 0 Å². The SMILES string of the molecule is O=C1CCCC(=O)N1Cc1ccccc1I. The van der Waals surface area contributed by atoms with Gasteiger partial charge in [0.15, 0.2) is 0 Å². The molecule has 2 rings (SSSR count). The molecule has 0 unspecified atom stereocenters. The summed E-state index contributed by atoms with van der Waals surface area (Å²) >= 11 is 2.22. The van der Waals surface area contributed by atoms with Gasteiger partial charge in [0.2, 0.25) is 11.8 Å². The largest absolute Gasteiger partial charge is 0.278 e. The van der Waals surface area contributed by atoms with Gasteiger partial charge in [-0.25, -0.2) is 0 Å². The Kier molecular flexibility index (Phi) is 3.58. The normalized spacial score (nSPS) is 16.7. The maximum absolute atomic E-state index is 11.6. The summed E-state index contributed by atoms with van der Waals surface area (Å²) in [6.07, 6.45) is 1.68. The van der Waals surface area contributed by atoms with Gasteiger partial charge in [-0.3, -0.25) is 14.5 Å². The predicted molar refractivity (Wildman–Crippen MR) is 68.6 cm³/mol. The van der Waals surface area contributed by atoms with Crippen LogP contribution in [0.3, 0.4) is 0 Å². The third-order valence-corrected chi connectivity index (χ3v) is 3.72. The Hall–Kier alpha value is -0.910. The van der Waals surface area contributed by atoms with Crippen LogP contribution in [0.15, 0.2) is 24.3 Å². The molecule has 1 aliphatic heterocycles. The molecular formula is C12H12INO2. The van der Waals surface area contributed by atoms with Crippen LogP contribution in [-0.2, 0) is 16.1 Å². The van der Waals surface area contributed by atoms with Crippen LogP contribution >= 0.6 is 22.6 Å². The van der Waals surface area contributed by atoms with Crippen LogP contribution in [0.2, 0.25) is 0 Å². The van der Waals surface area contributed by atoms with Crippen molar-refractivity contribution in [2.75, 3.05) is 0 Å². The second kappa shape index (κ2) is 4.95. The van der Waals surface area contributed by atoms with Crippen molar-refractivity contribution in [3.8, 4) is 0 Å². The van der Waals surface area contributed by atoms with Crippen molar-refractivity contribution < 1.29 is 9.59 Å². The average molecular weight is 329 g/mol. The molecule has 1 fully saturated rings. The Morgan fingerprint density at radius 2 is 1.75 bits per heavy atom. The molecule has 84 valence electrons. The summed E-state index contributed by atoms with van der Waals surface area (Å²) in [6.45, 7) is 0.413. The lowest BCUT2D eigenvalue weighted by Gasteiger charge is -2.25. The molecule has 0 spiro atoms. The van der Waals surface area contributed by atoms with E-state index in [9.17, 15) is 9.59 Å². The average Bonchev–Trinajstić information content (AvgIpc) is 2.26. The van der Waals surface area contributed by atoms with E-state index in [-0.39, 0.29) is 11.8 Å². The van der Waals surface area contributed by atoms with Gasteiger partial charge in [0.05, 0.1) is 6.54 Å². The van der Waals surface area contributed by atoms with Crippen LogP contribution in [0.25, 0.3) is 0 Å². The van der Waals surface area contributed by atoms with Gasteiger partial charge in [0, 0.05) is 16.4 Å². The van der Waals surface area contributed by atoms with E-state index in [0.29, 0.717) is 25.8 Å². The number of nitrogens with zero attached hydrogens (tertiary/aromatic N) is 1. The lowest BCUT2D eigenvalue weighted by Crippen LogP contribution is -2.39. The zero-order valence-electron chi connectivity index (χ0n) is 8.78. The standard InChI is InChI=1S/C12H12INO2/c13-10-5-2-1-4-9(10)8-14-11(15)6-3-7-12(14)16/h1-2,4-5H,3,6-8H2. The molecule has 1 aliphatic rings. The Morgan fingerprint density at radius 3 is 2.38 bits per heavy atom. The molecule has 2 amide bonds. The molecule has 16 heavy (non-hydrogen) atoms. The fourth-order valence-electron chi connectivity index (χ4n) is 1.77. The van der Waals surface area contributed by atoms with E-state index in [0.717, 1.165) is 9.13 Å². The van der Waals surface area contributed by atoms with Gasteiger partial charge in [-0.05, 0) is 40.6 Å². The summed E-state index contributed by atoms with van der Waals surface area (Å²) in [5, 5.41) is 0. The molecule has 0 aromatic heterocycles. The molecule has 0 aliphatic carbocycles. The van der Waals surface area contributed by atoms with Gasteiger partial charge in [0.1, 0.15) is 0 Å². The van der Waals surface area contributed by atoms with Crippen LogP contribution in [-0.4, -0.2) is 16.7 Å². The smallest absolute Gasteiger partial charge is 0.229 e. The number of benzene rings is 1. The number of carbonyl (C=O) groups excluding carboxylic acids is 2. The molecule has 1 aromatic carbocycles. The van der Waals surface area contributed by atoms with Gasteiger partial charge in [-0.2, -0.15) is 0 Å². The Balaban J connectivity index is 2.17. The molecule has 0 bridgehead atoms. The summed E-state index contributed by atoms with van der Waals surface area (Å²) < 4.78 is 1.09. The molecule has 0 N–H and O–H groups in total. The van der Waals surface area contributed by atoms with Crippen LogP contribution in [0.1, 0.15) is 24.8 Å². The minimum Gasteiger partial charge on any atom is -0.278 e. The maximum atomic E-state index is 11.6. The number of rotatable bonds is 2. The number of hydrogen-bond acceptors (Lipinski definition) is 2. The van der Waals surface area contributed by atoms with Crippen LogP contribution in [0, 0.1) is 3.57 Å². The highest BCUT2D eigenvalue weighted by molar-refractivity contribution is 14.1. The highest BCUT2D eigenvalue weighted by atomic mass is 127. The van der Waals surface area contributed by atoms with Crippen molar-refractivity contribution in [2.45, 2.75) is 25.8 Å². The Morgan fingerprint density at radius 1 is 1.12 bits per heavy atom. The Bertz CT molecular complexity index is 415. The molecule has 0 atom stereocenters. The van der Waals surface area contributed by atoms with Crippen molar-refractivity contribution in [3.05, 3.63) is 33.4 Å². The number of halogens is 1. The second-order valence-corrected chi connectivity index (χ2v) is 4.98. The number of carbonyl (C=O) groups is 2. The van der Waals surface area contributed by atoms with E-state index >= 15 is 0 Å². The van der Waals surface area contributed by atoms with E-state index < -0.39 is 0 Å². The molecule has 0 radical (unpaired) electrons. The summed E-state index contributed by atoms with van der Waals surface area (Å²) in [6, 6.07) is 7.81. The first-order valence-corrected chi connectivity index (χ1v) is 6.33. The monoisotopic (exact) mass is 329 g/mol. The number of likely N-dealkylation sites (tertiary alicyclic amines) is 1. The topological polar surface area (TPSA) is 37.4 Å². The highest BCUT2D eigenvalue weighted by Crippen LogP contribution is 2.18. The predicted octanol–water partition coefficient (Wildman–Crippen LogP) is 2.33. The molecule has 1 heterocycles. The number of imide groups is 1. The lowest BCUT2D eigenvalue weighted by atomic mass is 10.1. The van der Waals surface area contributed by atoms with Crippen LogP contribution in [0.5, 0.6) is 0 Å². The highest BCUT2D eigenvalue weighted by Gasteiger charge is 2.26. The van der Waals surface area contributed by atoms with Crippen molar-refractivity contribution in [1.29, 1.82) is 0 Å². The van der Waals surface area contributed by atoms with Crippen LogP contribution < -0.4 is 0 Å². The molecular weight excluding hydrogens is 317 g/mol. The van der Waals surface area contributed by atoms with Crippen LogP contribution in [0.4, 0.5) is 0 Å². The third kappa shape index (κ3) is 2.42. The van der Waals surface area contributed by atoms with Gasteiger partial charge in [0.25, 0.3) is 0 Å². The summed E-state index contributed by atoms with van der Waals surface area (Å²) in [5.41, 5.74) is 1.03.